The quantitative estimate of drug-likeness (QED) is 0.535. The van der Waals surface area contributed by atoms with Crippen LogP contribution in [0.25, 0.3) is 16.9 Å². The largest absolute Gasteiger partial charge is 0.355 e. The smallest absolute Gasteiger partial charge is 0.183 e. The maximum absolute atomic E-state index is 6.44. The molecule has 0 bridgehead atoms. The van der Waals surface area contributed by atoms with Crippen LogP contribution in [0, 0.1) is 24.7 Å². The van der Waals surface area contributed by atoms with Crippen molar-refractivity contribution in [2.24, 2.45) is 17.8 Å². The molecule has 174 valence electrons. The van der Waals surface area contributed by atoms with Gasteiger partial charge in [0.1, 0.15) is 11.3 Å². The molecule has 1 aromatic carbocycles. The molecular weight excluding hydrogens is 455 g/mol. The normalized spacial score (nSPS) is 23.8. The first-order valence-corrected chi connectivity index (χ1v) is 12.5. The van der Waals surface area contributed by atoms with Crippen molar-refractivity contribution >= 4 is 45.9 Å². The van der Waals surface area contributed by atoms with Crippen molar-refractivity contribution in [3.63, 3.8) is 0 Å². The van der Waals surface area contributed by atoms with Gasteiger partial charge in [-0.2, -0.15) is 5.10 Å². The summed E-state index contributed by atoms with van der Waals surface area (Å²) >= 11 is 12.5. The fourth-order valence-electron chi connectivity index (χ4n) is 5.51. The van der Waals surface area contributed by atoms with Gasteiger partial charge in [-0.15, -0.1) is 0 Å². The average Bonchev–Trinajstić information content (AvgIpc) is 3.15. The number of piperidine rings is 2. The minimum absolute atomic E-state index is 0.533. The molecule has 2 saturated heterocycles. The first kappa shape index (κ1) is 22.6. The fraction of sp³-hybridized carbons (Fsp3) is 0.480. The zero-order chi connectivity index (χ0) is 23.1. The molecule has 4 heterocycles. The van der Waals surface area contributed by atoms with E-state index in [9.17, 15) is 0 Å². The number of rotatable bonds is 4. The van der Waals surface area contributed by atoms with Gasteiger partial charge in [0.25, 0.3) is 0 Å². The van der Waals surface area contributed by atoms with Crippen LogP contribution in [0.3, 0.4) is 0 Å². The lowest BCUT2D eigenvalue weighted by Gasteiger charge is -2.42. The number of nitrogens with one attached hydrogen (secondary N) is 1. The van der Waals surface area contributed by atoms with Crippen molar-refractivity contribution in [3.05, 3.63) is 52.3 Å². The zero-order valence-corrected chi connectivity index (χ0v) is 20.7. The number of fused-ring (bicyclic) bond motifs is 1. The van der Waals surface area contributed by atoms with E-state index in [4.69, 9.17) is 33.2 Å². The first-order valence-electron chi connectivity index (χ1n) is 11.7. The Kier molecular flexibility index (Phi) is 6.34. The van der Waals surface area contributed by atoms with Gasteiger partial charge in [0.2, 0.25) is 0 Å². The number of hydrogen-bond acceptors (Lipinski definition) is 5. The van der Waals surface area contributed by atoms with Gasteiger partial charge in [0.15, 0.2) is 5.65 Å². The molecule has 2 fully saturated rings. The van der Waals surface area contributed by atoms with Gasteiger partial charge in [-0.05, 0) is 75.2 Å². The molecule has 1 N–H and O–H groups in total. The van der Waals surface area contributed by atoms with Gasteiger partial charge in [-0.1, -0.05) is 36.7 Å². The van der Waals surface area contributed by atoms with Crippen LogP contribution in [0.15, 0.2) is 31.0 Å². The van der Waals surface area contributed by atoms with E-state index in [0.717, 1.165) is 54.1 Å². The predicted octanol–water partition coefficient (Wildman–Crippen LogP) is 5.42. The highest BCUT2D eigenvalue weighted by molar-refractivity contribution is 6.35. The minimum atomic E-state index is 0.533. The third kappa shape index (κ3) is 4.36. The summed E-state index contributed by atoms with van der Waals surface area (Å²) in [6, 6.07) is 5.38. The highest BCUT2D eigenvalue weighted by Gasteiger charge is 2.33. The molecule has 2 aliphatic rings. The van der Waals surface area contributed by atoms with Gasteiger partial charge < -0.3 is 10.2 Å². The summed E-state index contributed by atoms with van der Waals surface area (Å²) in [4.78, 5) is 12.1. The second-order valence-corrected chi connectivity index (χ2v) is 10.3. The van der Waals surface area contributed by atoms with Crippen LogP contribution in [0.4, 0.5) is 5.82 Å². The van der Waals surface area contributed by atoms with Crippen LogP contribution in [0.2, 0.25) is 10.0 Å². The SMILES string of the molecule is C=C(c1ccc(Cl)cc1Cl)n1nc(C)c2ncc(N3CCC(C4CCCNC4)C(C)C3)nc21. The predicted molar refractivity (Wildman–Crippen MR) is 136 cm³/mol. The van der Waals surface area contributed by atoms with E-state index in [0.29, 0.717) is 27.3 Å². The Bertz CT molecular complexity index is 1180. The summed E-state index contributed by atoms with van der Waals surface area (Å²) in [5, 5.41) is 9.38. The molecule has 0 spiro atoms. The third-order valence-corrected chi connectivity index (χ3v) is 7.82. The van der Waals surface area contributed by atoms with Gasteiger partial charge in [-0.25, -0.2) is 14.6 Å². The second-order valence-electron chi connectivity index (χ2n) is 9.45. The molecule has 3 unspecified atom stereocenters. The molecule has 3 aromatic rings. The Morgan fingerprint density at radius 1 is 1.24 bits per heavy atom. The number of anilines is 1. The van der Waals surface area contributed by atoms with Crippen LogP contribution in [-0.4, -0.2) is 45.9 Å². The van der Waals surface area contributed by atoms with Crippen molar-refractivity contribution in [2.45, 2.75) is 33.1 Å². The lowest BCUT2D eigenvalue weighted by molar-refractivity contribution is 0.171. The summed E-state index contributed by atoms with van der Waals surface area (Å²) in [5.41, 5.74) is 3.71. The maximum Gasteiger partial charge on any atom is 0.183 e. The summed E-state index contributed by atoms with van der Waals surface area (Å²) in [6.45, 7) is 12.9. The molecule has 0 saturated carbocycles. The molecule has 33 heavy (non-hydrogen) atoms. The highest BCUT2D eigenvalue weighted by Crippen LogP contribution is 2.35. The Morgan fingerprint density at radius 3 is 2.82 bits per heavy atom. The zero-order valence-electron chi connectivity index (χ0n) is 19.2. The van der Waals surface area contributed by atoms with Crippen LogP contribution >= 0.6 is 23.2 Å². The minimum Gasteiger partial charge on any atom is -0.355 e. The summed E-state index contributed by atoms with van der Waals surface area (Å²) in [7, 11) is 0. The van der Waals surface area contributed by atoms with E-state index in [1.807, 2.05) is 19.2 Å². The topological polar surface area (TPSA) is 58.9 Å². The Morgan fingerprint density at radius 2 is 2.09 bits per heavy atom. The van der Waals surface area contributed by atoms with Crippen molar-refractivity contribution in [1.29, 1.82) is 0 Å². The Hall–Kier alpha value is -2.15. The molecule has 0 amide bonds. The molecule has 2 aliphatic heterocycles. The molecule has 0 aliphatic carbocycles. The van der Waals surface area contributed by atoms with E-state index in [1.54, 1.807) is 16.8 Å². The van der Waals surface area contributed by atoms with Gasteiger partial charge in [-0.3, -0.25) is 0 Å². The van der Waals surface area contributed by atoms with Crippen molar-refractivity contribution in [3.8, 4) is 0 Å². The maximum atomic E-state index is 6.44. The molecule has 5 rings (SSSR count). The Labute approximate surface area is 205 Å². The van der Waals surface area contributed by atoms with Crippen molar-refractivity contribution in [1.82, 2.24) is 25.1 Å². The Balaban J connectivity index is 1.42. The molecule has 0 radical (unpaired) electrons. The average molecular weight is 485 g/mol. The van der Waals surface area contributed by atoms with Crippen LogP contribution in [0.5, 0.6) is 0 Å². The van der Waals surface area contributed by atoms with Crippen LogP contribution in [0.1, 0.15) is 37.4 Å². The van der Waals surface area contributed by atoms with Crippen LogP contribution in [-0.2, 0) is 0 Å². The lowest BCUT2D eigenvalue weighted by atomic mass is 9.74. The summed E-state index contributed by atoms with van der Waals surface area (Å²) in [5.74, 6) is 3.08. The highest BCUT2D eigenvalue weighted by atomic mass is 35.5. The van der Waals surface area contributed by atoms with Gasteiger partial charge in [0.05, 0.1) is 22.6 Å². The standard InChI is InChI=1S/C25H30Cl2N6/c1-15-14-32(10-8-20(15)18-5-4-9-28-12-18)23-13-29-24-16(2)31-33(25(24)30-23)17(3)21-7-6-19(26)11-22(21)27/h6-7,11,13,15,18,20,28H,3-5,8-10,12,14H2,1-2H3. The number of aryl methyl sites for hydroxylation is 1. The fourth-order valence-corrected chi connectivity index (χ4v) is 6.03. The molecule has 8 heteroatoms. The van der Waals surface area contributed by atoms with Gasteiger partial charge >= 0.3 is 0 Å². The number of hydrogen-bond donors (Lipinski definition) is 1. The van der Waals surface area contributed by atoms with Crippen molar-refractivity contribution < 1.29 is 0 Å². The van der Waals surface area contributed by atoms with Crippen molar-refractivity contribution in [2.75, 3.05) is 31.1 Å². The number of aromatic nitrogens is 4. The van der Waals surface area contributed by atoms with E-state index in [2.05, 4.69) is 28.8 Å². The van der Waals surface area contributed by atoms with E-state index in [-0.39, 0.29) is 0 Å². The number of nitrogens with zero attached hydrogens (tertiary/aromatic N) is 5. The van der Waals surface area contributed by atoms with Crippen LogP contribution < -0.4 is 10.2 Å². The summed E-state index contributed by atoms with van der Waals surface area (Å²) < 4.78 is 1.75. The van der Waals surface area contributed by atoms with E-state index < -0.39 is 0 Å². The van der Waals surface area contributed by atoms with E-state index in [1.165, 1.54) is 25.8 Å². The second kappa shape index (κ2) is 9.24. The molecule has 3 atom stereocenters. The molecular formula is C25H30Cl2N6. The monoisotopic (exact) mass is 484 g/mol. The number of halogens is 2. The number of benzene rings is 1. The lowest BCUT2D eigenvalue weighted by Crippen LogP contribution is -2.45. The summed E-state index contributed by atoms with van der Waals surface area (Å²) in [6.07, 6.45) is 5.72. The van der Waals surface area contributed by atoms with E-state index >= 15 is 0 Å². The third-order valence-electron chi connectivity index (χ3n) is 7.27. The molecule has 2 aromatic heterocycles. The first-order chi connectivity index (χ1) is 15.9. The van der Waals surface area contributed by atoms with Gasteiger partial charge in [0, 0.05) is 23.7 Å². The molecule has 6 nitrogen and oxygen atoms in total.